The molecule has 1 atom stereocenters. The van der Waals surface area contributed by atoms with Crippen molar-refractivity contribution >= 4 is 0 Å². The first-order chi connectivity index (χ1) is 10.1. The second kappa shape index (κ2) is 9.70. The monoisotopic (exact) mass is 292 g/mol. The maximum atomic E-state index is 5.49. The molecule has 1 rings (SSSR count). The SMILES string of the molecule is COc1cccc(CCCC(C)CCCC(C)C)c1OC. The van der Waals surface area contributed by atoms with Crippen molar-refractivity contribution in [2.75, 3.05) is 14.2 Å². The summed E-state index contributed by atoms with van der Waals surface area (Å²) in [6.45, 7) is 6.99. The lowest BCUT2D eigenvalue weighted by Crippen LogP contribution is -2.00. The third-order valence-electron chi connectivity index (χ3n) is 4.11. The van der Waals surface area contributed by atoms with Crippen LogP contribution in [0.1, 0.15) is 58.4 Å². The van der Waals surface area contributed by atoms with Crippen LogP contribution >= 0.6 is 0 Å². The van der Waals surface area contributed by atoms with Gasteiger partial charge in [0.05, 0.1) is 14.2 Å². The van der Waals surface area contributed by atoms with Crippen molar-refractivity contribution in [2.24, 2.45) is 11.8 Å². The van der Waals surface area contributed by atoms with E-state index in [1.54, 1.807) is 14.2 Å². The minimum atomic E-state index is 0.820. The lowest BCUT2D eigenvalue weighted by Gasteiger charge is -2.14. The smallest absolute Gasteiger partial charge is 0.163 e. The van der Waals surface area contributed by atoms with Crippen molar-refractivity contribution < 1.29 is 9.47 Å². The summed E-state index contributed by atoms with van der Waals surface area (Å²) in [6, 6.07) is 6.14. The molecule has 0 N–H and O–H groups in total. The van der Waals surface area contributed by atoms with Gasteiger partial charge in [0, 0.05) is 0 Å². The van der Waals surface area contributed by atoms with Gasteiger partial charge >= 0.3 is 0 Å². The molecular formula is C19H32O2. The van der Waals surface area contributed by atoms with Crippen LogP contribution in [0, 0.1) is 11.8 Å². The van der Waals surface area contributed by atoms with E-state index in [1.807, 2.05) is 12.1 Å². The zero-order valence-corrected chi connectivity index (χ0v) is 14.4. The summed E-state index contributed by atoms with van der Waals surface area (Å²) in [6.07, 6.45) is 7.64. The van der Waals surface area contributed by atoms with Crippen molar-refractivity contribution in [3.05, 3.63) is 23.8 Å². The highest BCUT2D eigenvalue weighted by atomic mass is 16.5. The Hall–Kier alpha value is -1.18. The fourth-order valence-corrected chi connectivity index (χ4v) is 2.81. The van der Waals surface area contributed by atoms with Crippen LogP contribution in [0.25, 0.3) is 0 Å². The van der Waals surface area contributed by atoms with Crippen LogP contribution in [0.3, 0.4) is 0 Å². The number of hydrogen-bond acceptors (Lipinski definition) is 2. The van der Waals surface area contributed by atoms with E-state index in [9.17, 15) is 0 Å². The predicted octanol–water partition coefficient (Wildman–Crippen LogP) is 5.49. The number of aryl methyl sites for hydroxylation is 1. The lowest BCUT2D eigenvalue weighted by molar-refractivity contribution is 0.350. The van der Waals surface area contributed by atoms with Gasteiger partial charge in [-0.25, -0.2) is 0 Å². The van der Waals surface area contributed by atoms with Gasteiger partial charge in [-0.15, -0.1) is 0 Å². The summed E-state index contributed by atoms with van der Waals surface area (Å²) in [5.74, 6) is 3.38. The third kappa shape index (κ3) is 6.41. The Bertz CT molecular complexity index is 399. The summed E-state index contributed by atoms with van der Waals surface area (Å²) in [4.78, 5) is 0. The first-order valence-electron chi connectivity index (χ1n) is 8.28. The van der Waals surface area contributed by atoms with Gasteiger partial charge in [0.15, 0.2) is 11.5 Å². The molecule has 120 valence electrons. The van der Waals surface area contributed by atoms with Crippen molar-refractivity contribution in [3.63, 3.8) is 0 Å². The van der Waals surface area contributed by atoms with E-state index in [1.165, 1.54) is 37.7 Å². The number of hydrogen-bond donors (Lipinski definition) is 0. The molecule has 0 aliphatic heterocycles. The number of ether oxygens (including phenoxy) is 2. The molecule has 1 aromatic carbocycles. The van der Waals surface area contributed by atoms with Crippen LogP contribution in [0.15, 0.2) is 18.2 Å². The van der Waals surface area contributed by atoms with E-state index in [2.05, 4.69) is 26.8 Å². The molecule has 0 radical (unpaired) electrons. The first kappa shape index (κ1) is 17.9. The van der Waals surface area contributed by atoms with Crippen LogP contribution in [0.5, 0.6) is 11.5 Å². The molecule has 21 heavy (non-hydrogen) atoms. The minimum Gasteiger partial charge on any atom is -0.493 e. The highest BCUT2D eigenvalue weighted by molar-refractivity contribution is 5.46. The highest BCUT2D eigenvalue weighted by Gasteiger charge is 2.10. The van der Waals surface area contributed by atoms with Gasteiger partial charge in [0.2, 0.25) is 0 Å². The average molecular weight is 292 g/mol. The quantitative estimate of drug-likeness (QED) is 0.568. The topological polar surface area (TPSA) is 18.5 Å². The van der Waals surface area contributed by atoms with Gasteiger partial charge in [-0.1, -0.05) is 58.6 Å². The molecule has 0 fully saturated rings. The molecule has 0 bridgehead atoms. The molecular weight excluding hydrogens is 260 g/mol. The van der Waals surface area contributed by atoms with Gasteiger partial charge in [0.25, 0.3) is 0 Å². The molecule has 0 heterocycles. The van der Waals surface area contributed by atoms with E-state index in [0.29, 0.717) is 0 Å². The Labute approximate surface area is 130 Å². The molecule has 0 saturated carbocycles. The zero-order chi connectivity index (χ0) is 15.7. The highest BCUT2D eigenvalue weighted by Crippen LogP contribution is 2.32. The van der Waals surface area contributed by atoms with Gasteiger partial charge in [-0.05, 0) is 36.3 Å². The van der Waals surface area contributed by atoms with E-state index < -0.39 is 0 Å². The van der Waals surface area contributed by atoms with Crippen molar-refractivity contribution in [1.82, 2.24) is 0 Å². The molecule has 1 aromatic rings. The molecule has 0 spiro atoms. The predicted molar refractivity (Wildman–Crippen MR) is 90.3 cm³/mol. The Balaban J connectivity index is 2.38. The van der Waals surface area contributed by atoms with Crippen LogP contribution in [0.2, 0.25) is 0 Å². The summed E-state index contributed by atoms with van der Waals surface area (Å²) < 4.78 is 10.8. The maximum Gasteiger partial charge on any atom is 0.163 e. The first-order valence-corrected chi connectivity index (χ1v) is 8.28. The molecule has 1 unspecified atom stereocenters. The second-order valence-electron chi connectivity index (χ2n) is 6.47. The summed E-state index contributed by atoms with van der Waals surface area (Å²) in [5, 5.41) is 0. The van der Waals surface area contributed by atoms with Crippen molar-refractivity contribution in [2.45, 2.75) is 59.3 Å². The van der Waals surface area contributed by atoms with E-state index in [-0.39, 0.29) is 0 Å². The van der Waals surface area contributed by atoms with Crippen molar-refractivity contribution in [1.29, 1.82) is 0 Å². The fourth-order valence-electron chi connectivity index (χ4n) is 2.81. The lowest BCUT2D eigenvalue weighted by atomic mass is 9.94. The molecule has 0 aliphatic carbocycles. The van der Waals surface area contributed by atoms with E-state index in [0.717, 1.165) is 29.8 Å². The third-order valence-corrected chi connectivity index (χ3v) is 4.11. The Morgan fingerprint density at radius 1 is 0.905 bits per heavy atom. The number of methoxy groups -OCH3 is 2. The largest absolute Gasteiger partial charge is 0.493 e. The van der Waals surface area contributed by atoms with E-state index in [4.69, 9.17) is 9.47 Å². The normalized spacial score (nSPS) is 12.5. The number of benzene rings is 1. The Morgan fingerprint density at radius 3 is 2.24 bits per heavy atom. The maximum absolute atomic E-state index is 5.49. The Kier molecular flexibility index (Phi) is 8.26. The van der Waals surface area contributed by atoms with Crippen LogP contribution in [-0.4, -0.2) is 14.2 Å². The zero-order valence-electron chi connectivity index (χ0n) is 14.4. The summed E-state index contributed by atoms with van der Waals surface area (Å²) in [5.41, 5.74) is 1.26. The molecule has 0 aliphatic rings. The average Bonchev–Trinajstić information content (AvgIpc) is 2.46. The minimum absolute atomic E-state index is 0.820. The van der Waals surface area contributed by atoms with Gasteiger partial charge in [-0.3, -0.25) is 0 Å². The van der Waals surface area contributed by atoms with Gasteiger partial charge < -0.3 is 9.47 Å². The van der Waals surface area contributed by atoms with Crippen LogP contribution in [0.4, 0.5) is 0 Å². The van der Waals surface area contributed by atoms with Crippen molar-refractivity contribution in [3.8, 4) is 11.5 Å². The summed E-state index contributed by atoms with van der Waals surface area (Å²) >= 11 is 0. The van der Waals surface area contributed by atoms with Crippen LogP contribution < -0.4 is 9.47 Å². The molecule has 0 aromatic heterocycles. The standard InChI is InChI=1S/C19H32O2/c1-15(2)9-6-10-16(3)11-7-12-17-13-8-14-18(20-4)19(17)21-5/h8,13-16H,6-7,9-12H2,1-5H3. The molecule has 0 amide bonds. The fraction of sp³-hybridized carbons (Fsp3) is 0.684. The molecule has 2 nitrogen and oxygen atoms in total. The molecule has 2 heteroatoms. The summed E-state index contributed by atoms with van der Waals surface area (Å²) in [7, 11) is 3.41. The van der Waals surface area contributed by atoms with Crippen LogP contribution in [-0.2, 0) is 6.42 Å². The van der Waals surface area contributed by atoms with Gasteiger partial charge in [0.1, 0.15) is 0 Å². The number of rotatable bonds is 10. The molecule has 0 saturated heterocycles. The second-order valence-corrected chi connectivity index (χ2v) is 6.47. The number of para-hydroxylation sites is 1. The van der Waals surface area contributed by atoms with Gasteiger partial charge in [-0.2, -0.15) is 0 Å². The Morgan fingerprint density at radius 2 is 1.62 bits per heavy atom. The van der Waals surface area contributed by atoms with E-state index >= 15 is 0 Å².